The van der Waals surface area contributed by atoms with Crippen molar-refractivity contribution in [1.29, 1.82) is 0 Å². The Hall–Kier alpha value is -4.48. The van der Waals surface area contributed by atoms with Gasteiger partial charge in [-0.2, -0.15) is 4.52 Å². The zero-order chi connectivity index (χ0) is 23.7. The lowest BCUT2D eigenvalue weighted by atomic mass is 10.2. The van der Waals surface area contributed by atoms with Crippen LogP contribution in [0.1, 0.15) is 21.8 Å². The minimum atomic E-state index is -2.62. The van der Waals surface area contributed by atoms with Crippen molar-refractivity contribution in [3.63, 3.8) is 0 Å². The van der Waals surface area contributed by atoms with Gasteiger partial charge in [0.1, 0.15) is 12.4 Å². The third-order valence-electron chi connectivity index (χ3n) is 4.95. The number of amides is 1. The third kappa shape index (κ3) is 4.12. The predicted octanol–water partition coefficient (Wildman–Crippen LogP) is 3.21. The molecule has 0 atom stereocenters. The van der Waals surface area contributed by atoms with E-state index in [1.807, 2.05) is 24.3 Å². The fraction of sp³-hybridized carbons (Fsp3) is 0.182. The Bertz CT molecular complexity index is 1480. The van der Waals surface area contributed by atoms with E-state index in [9.17, 15) is 13.6 Å². The minimum Gasteiger partial charge on any atom is -0.470 e. The largest absolute Gasteiger partial charge is 0.470 e. The number of fused-ring (bicyclic) bond motifs is 3. The van der Waals surface area contributed by atoms with E-state index >= 15 is 0 Å². The summed E-state index contributed by atoms with van der Waals surface area (Å²) in [7, 11) is 0. The van der Waals surface area contributed by atoms with Gasteiger partial charge in [-0.1, -0.05) is 23.4 Å². The maximum absolute atomic E-state index is 12.3. The van der Waals surface area contributed by atoms with Crippen molar-refractivity contribution >= 4 is 22.3 Å². The molecule has 0 saturated carbocycles. The average Bonchev–Trinajstić information content (AvgIpc) is 3.47. The molecule has 10 nitrogen and oxygen atoms in total. The normalized spacial score (nSPS) is 11.4. The number of ether oxygens (including phenoxy) is 1. The number of hydrogen-bond donors (Lipinski definition) is 1. The number of halogens is 2. The van der Waals surface area contributed by atoms with Crippen molar-refractivity contribution in [2.45, 2.75) is 20.0 Å². The van der Waals surface area contributed by atoms with Gasteiger partial charge < -0.3 is 14.6 Å². The number of alkyl halides is 2. The molecule has 0 aliphatic rings. The lowest BCUT2D eigenvalue weighted by molar-refractivity contribution is 0.0891. The molecule has 5 aromatic rings. The van der Waals surface area contributed by atoms with Crippen molar-refractivity contribution in [2.24, 2.45) is 0 Å². The van der Waals surface area contributed by atoms with Crippen LogP contribution in [0, 0.1) is 6.92 Å². The minimum absolute atomic E-state index is 0.0575. The predicted molar refractivity (Wildman–Crippen MR) is 115 cm³/mol. The molecule has 0 aliphatic heterocycles. The second-order valence-corrected chi connectivity index (χ2v) is 7.36. The van der Waals surface area contributed by atoms with Gasteiger partial charge in [0.15, 0.2) is 11.3 Å². The SMILES string of the molecule is Cc1cc(-c2nnc3c4ccccc4c(OCc4ccc(C(=O)NCC(F)F)cn4)nn23)no1. The summed E-state index contributed by atoms with van der Waals surface area (Å²) in [5, 5.41) is 20.7. The number of benzene rings is 1. The van der Waals surface area contributed by atoms with Crippen LogP contribution in [-0.2, 0) is 6.61 Å². The molecule has 0 aliphatic carbocycles. The summed E-state index contributed by atoms with van der Waals surface area (Å²) in [6, 6.07) is 12.3. The van der Waals surface area contributed by atoms with Crippen LogP contribution < -0.4 is 10.1 Å². The topological polar surface area (TPSA) is 120 Å². The molecule has 0 bridgehead atoms. The van der Waals surface area contributed by atoms with E-state index in [-0.39, 0.29) is 12.2 Å². The van der Waals surface area contributed by atoms with Crippen LogP contribution in [0.3, 0.4) is 0 Å². The Morgan fingerprint density at radius 2 is 2.00 bits per heavy atom. The zero-order valence-electron chi connectivity index (χ0n) is 17.8. The maximum Gasteiger partial charge on any atom is 0.255 e. The van der Waals surface area contributed by atoms with Crippen LogP contribution in [0.15, 0.2) is 53.2 Å². The first-order valence-corrected chi connectivity index (χ1v) is 10.2. The molecule has 5 rings (SSSR count). The Labute approximate surface area is 190 Å². The molecule has 1 N–H and O–H groups in total. The summed E-state index contributed by atoms with van der Waals surface area (Å²) in [5.41, 5.74) is 1.72. The number of carbonyl (C=O) groups excluding carboxylic acids is 1. The van der Waals surface area contributed by atoms with Crippen LogP contribution in [0.2, 0.25) is 0 Å². The Balaban J connectivity index is 1.42. The fourth-order valence-electron chi connectivity index (χ4n) is 3.35. The zero-order valence-corrected chi connectivity index (χ0v) is 17.8. The Kier molecular flexibility index (Phi) is 5.54. The highest BCUT2D eigenvalue weighted by atomic mass is 19.3. The molecule has 0 unspecified atom stereocenters. The van der Waals surface area contributed by atoms with E-state index in [0.29, 0.717) is 34.5 Å². The average molecular weight is 465 g/mol. The van der Waals surface area contributed by atoms with Gasteiger partial charge >= 0.3 is 0 Å². The molecular weight excluding hydrogens is 448 g/mol. The number of nitrogens with one attached hydrogen (secondary N) is 1. The van der Waals surface area contributed by atoms with E-state index < -0.39 is 18.9 Å². The highest BCUT2D eigenvalue weighted by Gasteiger charge is 2.18. The number of carbonyl (C=O) groups is 1. The van der Waals surface area contributed by atoms with E-state index in [0.717, 1.165) is 10.8 Å². The molecule has 172 valence electrons. The lowest BCUT2D eigenvalue weighted by Gasteiger charge is -2.10. The van der Waals surface area contributed by atoms with Crippen LogP contribution in [0.5, 0.6) is 5.88 Å². The van der Waals surface area contributed by atoms with Crippen molar-refractivity contribution in [3.05, 3.63) is 65.7 Å². The van der Waals surface area contributed by atoms with Gasteiger partial charge in [-0.15, -0.1) is 15.3 Å². The molecule has 4 heterocycles. The summed E-state index contributed by atoms with van der Waals surface area (Å²) in [4.78, 5) is 16.1. The molecule has 1 aromatic carbocycles. The summed E-state index contributed by atoms with van der Waals surface area (Å²) in [6.07, 6.45) is -1.32. The lowest BCUT2D eigenvalue weighted by Crippen LogP contribution is -2.28. The van der Waals surface area contributed by atoms with Gasteiger partial charge in [0.05, 0.1) is 17.8 Å². The van der Waals surface area contributed by atoms with Gasteiger partial charge in [-0.3, -0.25) is 9.78 Å². The molecule has 4 aromatic heterocycles. The van der Waals surface area contributed by atoms with Crippen LogP contribution in [0.4, 0.5) is 8.78 Å². The van der Waals surface area contributed by atoms with Gasteiger partial charge in [0, 0.05) is 23.0 Å². The molecule has 0 saturated heterocycles. The highest BCUT2D eigenvalue weighted by molar-refractivity contribution is 5.97. The number of rotatable bonds is 7. The number of pyridine rings is 1. The molecule has 0 radical (unpaired) electrons. The maximum atomic E-state index is 12.3. The fourth-order valence-corrected chi connectivity index (χ4v) is 3.35. The van der Waals surface area contributed by atoms with E-state index in [2.05, 4.69) is 30.8 Å². The second kappa shape index (κ2) is 8.81. The van der Waals surface area contributed by atoms with Crippen molar-refractivity contribution in [1.82, 2.24) is 35.3 Å². The monoisotopic (exact) mass is 465 g/mol. The first-order chi connectivity index (χ1) is 16.5. The molecule has 1 amide bonds. The first kappa shape index (κ1) is 21.4. The quantitative estimate of drug-likeness (QED) is 0.389. The molecule has 34 heavy (non-hydrogen) atoms. The summed E-state index contributed by atoms with van der Waals surface area (Å²) >= 11 is 0. The number of nitrogens with zero attached hydrogens (tertiary/aromatic N) is 6. The smallest absolute Gasteiger partial charge is 0.255 e. The van der Waals surface area contributed by atoms with Gasteiger partial charge in [0.25, 0.3) is 12.3 Å². The third-order valence-corrected chi connectivity index (χ3v) is 4.95. The molecule has 12 heteroatoms. The first-order valence-electron chi connectivity index (χ1n) is 10.2. The van der Waals surface area contributed by atoms with Crippen molar-refractivity contribution < 1.29 is 22.8 Å². The van der Waals surface area contributed by atoms with E-state index in [4.69, 9.17) is 9.26 Å². The Morgan fingerprint density at radius 1 is 1.18 bits per heavy atom. The molecule has 0 spiro atoms. The van der Waals surface area contributed by atoms with Crippen LogP contribution >= 0.6 is 0 Å². The summed E-state index contributed by atoms with van der Waals surface area (Å²) in [6.45, 7) is 1.11. The molecular formula is C22H17F2N7O3. The summed E-state index contributed by atoms with van der Waals surface area (Å²) < 4.78 is 37.2. The highest BCUT2D eigenvalue weighted by Crippen LogP contribution is 2.29. The molecule has 0 fully saturated rings. The van der Waals surface area contributed by atoms with Gasteiger partial charge in [-0.25, -0.2) is 8.78 Å². The number of hydrogen-bond acceptors (Lipinski definition) is 8. The number of aryl methyl sites for hydroxylation is 1. The Morgan fingerprint density at radius 3 is 2.71 bits per heavy atom. The van der Waals surface area contributed by atoms with E-state index in [1.165, 1.54) is 12.3 Å². The van der Waals surface area contributed by atoms with Crippen molar-refractivity contribution in [2.75, 3.05) is 6.54 Å². The number of aromatic nitrogens is 6. The van der Waals surface area contributed by atoms with E-state index in [1.54, 1.807) is 23.6 Å². The standard InChI is InChI=1S/C22H17F2N7O3/c1-12-8-17(30-34-12)20-28-27-19-15-4-2-3-5-16(15)22(29-31(19)20)33-11-14-7-6-13(9-25-14)21(32)26-10-18(23)24/h2-9,18H,10-11H2,1H3,(H,26,32). The van der Waals surface area contributed by atoms with Gasteiger partial charge in [0.2, 0.25) is 11.7 Å². The van der Waals surface area contributed by atoms with Crippen LogP contribution in [-0.4, -0.2) is 48.8 Å². The second-order valence-electron chi connectivity index (χ2n) is 7.36. The van der Waals surface area contributed by atoms with Gasteiger partial charge in [-0.05, 0) is 25.1 Å². The van der Waals surface area contributed by atoms with Crippen LogP contribution in [0.25, 0.3) is 27.9 Å². The van der Waals surface area contributed by atoms with Crippen molar-refractivity contribution in [3.8, 4) is 17.4 Å². The summed E-state index contributed by atoms with van der Waals surface area (Å²) in [5.74, 6) is 0.729.